The van der Waals surface area contributed by atoms with E-state index in [0.29, 0.717) is 34.7 Å². The van der Waals surface area contributed by atoms with Gasteiger partial charge in [0, 0.05) is 18.7 Å². The Morgan fingerprint density at radius 2 is 1.92 bits per heavy atom. The molecule has 0 unspecified atom stereocenters. The molecule has 2 aromatic rings. The standard InChI is InChI=1S/C17H23N3O4S/c1-5-20(6-2)16(21)11-25-10-15-18-17(19-24-15)12-7-8-13(22-3)14(9-12)23-4/h7-9H,5-6,10-11H2,1-4H3. The van der Waals surface area contributed by atoms with E-state index in [9.17, 15) is 4.79 Å². The maximum Gasteiger partial charge on any atom is 0.236 e. The predicted molar refractivity (Wildman–Crippen MR) is 96.9 cm³/mol. The second-order valence-corrected chi connectivity index (χ2v) is 6.13. The number of amides is 1. The minimum absolute atomic E-state index is 0.120. The molecule has 0 aliphatic carbocycles. The summed E-state index contributed by atoms with van der Waals surface area (Å²) in [5, 5.41) is 3.99. The van der Waals surface area contributed by atoms with Crippen molar-refractivity contribution in [1.82, 2.24) is 15.0 Å². The van der Waals surface area contributed by atoms with E-state index in [1.54, 1.807) is 31.3 Å². The lowest BCUT2D eigenvalue weighted by Gasteiger charge is -2.17. The lowest BCUT2D eigenvalue weighted by atomic mass is 10.2. The quantitative estimate of drug-likeness (QED) is 0.676. The van der Waals surface area contributed by atoms with E-state index in [-0.39, 0.29) is 5.91 Å². The Balaban J connectivity index is 1.97. The highest BCUT2D eigenvalue weighted by molar-refractivity contribution is 7.99. The Labute approximate surface area is 151 Å². The van der Waals surface area contributed by atoms with Gasteiger partial charge in [0.2, 0.25) is 17.6 Å². The largest absolute Gasteiger partial charge is 0.493 e. The zero-order chi connectivity index (χ0) is 18.2. The molecule has 0 radical (unpaired) electrons. The molecule has 136 valence electrons. The predicted octanol–water partition coefficient (Wildman–Crippen LogP) is 2.86. The highest BCUT2D eigenvalue weighted by Crippen LogP contribution is 2.31. The third-order valence-corrected chi connectivity index (χ3v) is 4.58. The number of hydrogen-bond donors (Lipinski definition) is 0. The van der Waals surface area contributed by atoms with E-state index in [1.165, 1.54) is 11.8 Å². The van der Waals surface area contributed by atoms with Gasteiger partial charge in [0.25, 0.3) is 0 Å². The van der Waals surface area contributed by atoms with Crippen LogP contribution in [0.1, 0.15) is 19.7 Å². The smallest absolute Gasteiger partial charge is 0.236 e. The zero-order valence-electron chi connectivity index (χ0n) is 14.9. The average molecular weight is 365 g/mol. The molecule has 7 nitrogen and oxygen atoms in total. The molecule has 2 rings (SSSR count). The number of nitrogens with zero attached hydrogens (tertiary/aromatic N) is 3. The van der Waals surface area contributed by atoms with E-state index in [1.807, 2.05) is 19.9 Å². The van der Waals surface area contributed by atoms with Gasteiger partial charge in [-0.1, -0.05) is 5.16 Å². The van der Waals surface area contributed by atoms with Gasteiger partial charge >= 0.3 is 0 Å². The monoisotopic (exact) mass is 365 g/mol. The number of thioether (sulfide) groups is 1. The number of carbonyl (C=O) groups excluding carboxylic acids is 1. The summed E-state index contributed by atoms with van der Waals surface area (Å²) in [5.74, 6) is 3.22. The lowest BCUT2D eigenvalue weighted by Crippen LogP contribution is -2.31. The van der Waals surface area contributed by atoms with E-state index in [4.69, 9.17) is 14.0 Å². The molecule has 8 heteroatoms. The molecule has 0 saturated carbocycles. The van der Waals surface area contributed by atoms with Crippen LogP contribution in [0.3, 0.4) is 0 Å². The van der Waals surface area contributed by atoms with Gasteiger partial charge in [-0.05, 0) is 32.0 Å². The van der Waals surface area contributed by atoms with Crippen molar-refractivity contribution in [2.75, 3.05) is 33.1 Å². The average Bonchev–Trinajstić information content (AvgIpc) is 3.11. The first-order chi connectivity index (χ1) is 12.1. The summed E-state index contributed by atoms with van der Waals surface area (Å²) in [5.41, 5.74) is 0.775. The van der Waals surface area contributed by atoms with Crippen molar-refractivity contribution in [2.24, 2.45) is 0 Å². The van der Waals surface area contributed by atoms with E-state index >= 15 is 0 Å². The van der Waals surface area contributed by atoms with E-state index in [2.05, 4.69) is 10.1 Å². The van der Waals surface area contributed by atoms with E-state index in [0.717, 1.165) is 18.7 Å². The molecule has 0 spiro atoms. The van der Waals surface area contributed by atoms with Crippen molar-refractivity contribution in [3.63, 3.8) is 0 Å². The van der Waals surface area contributed by atoms with Crippen molar-refractivity contribution in [2.45, 2.75) is 19.6 Å². The molecule has 1 amide bonds. The SMILES string of the molecule is CCN(CC)C(=O)CSCc1nc(-c2ccc(OC)c(OC)c2)no1. The minimum atomic E-state index is 0.120. The normalized spacial score (nSPS) is 10.6. The third kappa shape index (κ3) is 4.88. The maximum absolute atomic E-state index is 12.0. The molecule has 1 aromatic carbocycles. The fraction of sp³-hybridized carbons (Fsp3) is 0.471. The molecule has 0 saturated heterocycles. The summed E-state index contributed by atoms with van der Waals surface area (Å²) in [7, 11) is 3.16. The first-order valence-electron chi connectivity index (χ1n) is 8.03. The number of methoxy groups -OCH3 is 2. The second kappa shape index (κ2) is 9.31. The highest BCUT2D eigenvalue weighted by Gasteiger charge is 2.14. The number of hydrogen-bond acceptors (Lipinski definition) is 7. The van der Waals surface area contributed by atoms with Crippen LogP contribution in [0, 0.1) is 0 Å². The lowest BCUT2D eigenvalue weighted by molar-refractivity contribution is -0.127. The Hall–Kier alpha value is -2.22. The summed E-state index contributed by atoms with van der Waals surface area (Å²) >= 11 is 1.46. The fourth-order valence-corrected chi connectivity index (χ4v) is 3.05. The van der Waals surface area contributed by atoms with Crippen molar-refractivity contribution in [3.05, 3.63) is 24.1 Å². The van der Waals surface area contributed by atoms with Gasteiger partial charge in [-0.3, -0.25) is 4.79 Å². The number of ether oxygens (including phenoxy) is 2. The number of aromatic nitrogens is 2. The summed E-state index contributed by atoms with van der Waals surface area (Å²) in [6.45, 7) is 5.39. The van der Waals surface area contributed by atoms with Crippen molar-refractivity contribution >= 4 is 17.7 Å². The van der Waals surface area contributed by atoms with Gasteiger partial charge < -0.3 is 18.9 Å². The summed E-state index contributed by atoms with van der Waals surface area (Å²) in [4.78, 5) is 18.1. The van der Waals surface area contributed by atoms with Crippen LogP contribution in [0.4, 0.5) is 0 Å². The van der Waals surface area contributed by atoms with Crippen LogP contribution in [0.15, 0.2) is 22.7 Å². The van der Waals surface area contributed by atoms with Gasteiger partial charge in [0.05, 0.1) is 25.7 Å². The van der Waals surface area contributed by atoms with Crippen LogP contribution in [0.25, 0.3) is 11.4 Å². The minimum Gasteiger partial charge on any atom is -0.493 e. The Kier molecular flexibility index (Phi) is 7.12. The van der Waals surface area contributed by atoms with E-state index < -0.39 is 0 Å². The molecular weight excluding hydrogens is 342 g/mol. The third-order valence-electron chi connectivity index (χ3n) is 3.68. The molecule has 25 heavy (non-hydrogen) atoms. The van der Waals surface area contributed by atoms with Crippen LogP contribution >= 0.6 is 11.8 Å². The Bertz CT molecular complexity index is 701. The van der Waals surface area contributed by atoms with Gasteiger partial charge in [0.15, 0.2) is 11.5 Å². The number of carbonyl (C=O) groups is 1. The van der Waals surface area contributed by atoms with Gasteiger partial charge in [-0.25, -0.2) is 0 Å². The molecule has 0 aliphatic heterocycles. The first-order valence-corrected chi connectivity index (χ1v) is 9.18. The fourth-order valence-electron chi connectivity index (χ4n) is 2.30. The van der Waals surface area contributed by atoms with Crippen LogP contribution in [0.2, 0.25) is 0 Å². The summed E-state index contributed by atoms with van der Waals surface area (Å²) in [6.07, 6.45) is 0. The highest BCUT2D eigenvalue weighted by atomic mass is 32.2. The molecular formula is C17H23N3O4S. The number of benzene rings is 1. The Morgan fingerprint density at radius 3 is 2.56 bits per heavy atom. The van der Waals surface area contributed by atoms with Crippen LogP contribution in [-0.2, 0) is 10.5 Å². The molecule has 1 aromatic heterocycles. The van der Waals surface area contributed by atoms with Crippen LogP contribution < -0.4 is 9.47 Å². The van der Waals surface area contributed by atoms with Crippen molar-refractivity contribution in [1.29, 1.82) is 0 Å². The molecule has 0 bridgehead atoms. The molecule has 0 atom stereocenters. The molecule has 0 fully saturated rings. The molecule has 0 N–H and O–H groups in total. The van der Waals surface area contributed by atoms with Crippen LogP contribution in [-0.4, -0.2) is 54.0 Å². The van der Waals surface area contributed by atoms with Gasteiger partial charge in [0.1, 0.15) is 0 Å². The van der Waals surface area contributed by atoms with Crippen LogP contribution in [0.5, 0.6) is 11.5 Å². The Morgan fingerprint density at radius 1 is 1.20 bits per heavy atom. The second-order valence-electron chi connectivity index (χ2n) is 5.14. The first kappa shape index (κ1) is 19.1. The topological polar surface area (TPSA) is 77.7 Å². The summed E-state index contributed by atoms with van der Waals surface area (Å²) < 4.78 is 15.8. The summed E-state index contributed by atoms with van der Waals surface area (Å²) in [6, 6.07) is 5.43. The molecule has 1 heterocycles. The zero-order valence-corrected chi connectivity index (χ0v) is 15.8. The molecule has 0 aliphatic rings. The maximum atomic E-state index is 12.0. The van der Waals surface area contributed by atoms with Crippen molar-refractivity contribution in [3.8, 4) is 22.9 Å². The van der Waals surface area contributed by atoms with Crippen molar-refractivity contribution < 1.29 is 18.8 Å². The van der Waals surface area contributed by atoms with Gasteiger partial charge in [-0.2, -0.15) is 4.98 Å². The van der Waals surface area contributed by atoms with Gasteiger partial charge in [-0.15, -0.1) is 11.8 Å². The number of rotatable bonds is 9.